The third-order valence-corrected chi connectivity index (χ3v) is 6.80. The van der Waals surface area contributed by atoms with Crippen LogP contribution >= 0.6 is 23.4 Å². The maximum absolute atomic E-state index is 12.9. The second-order valence-electron chi connectivity index (χ2n) is 7.37. The normalized spacial score (nSPS) is 15.8. The van der Waals surface area contributed by atoms with Gasteiger partial charge in [0.25, 0.3) is 0 Å². The number of fused-ring (bicyclic) bond motifs is 1. The Balaban J connectivity index is 1.56. The van der Waals surface area contributed by atoms with Gasteiger partial charge in [-0.3, -0.25) is 0 Å². The van der Waals surface area contributed by atoms with Gasteiger partial charge in [0.05, 0.1) is 29.5 Å². The minimum atomic E-state index is -0.374. The van der Waals surface area contributed by atoms with Crippen molar-refractivity contribution in [3.05, 3.63) is 82.9 Å². The molecule has 2 amide bonds. The first-order chi connectivity index (χ1) is 15.5. The number of thioether (sulfide) groups is 1. The molecule has 4 N–H and O–H groups in total. The first-order valence-electron chi connectivity index (χ1n) is 10.2. The summed E-state index contributed by atoms with van der Waals surface area (Å²) in [7, 11) is 1.63. The van der Waals surface area contributed by atoms with Crippen LogP contribution in [0.5, 0.6) is 5.75 Å². The first-order valence-corrected chi connectivity index (χ1v) is 11.5. The molecule has 32 heavy (non-hydrogen) atoms. The lowest BCUT2D eigenvalue weighted by Gasteiger charge is -2.30. The standard InChI is InChI=1S/C24H25ClN4O2S/c1-15(16-10-12-18(31-2)13-11-16)27-23(30)28-24-29(20-8-3-4-9-21(20)32-24)22-17(14-26)6-5-7-19(22)25/h3-13,15,24H,14,26H2,1-2H3,(H2,27,28,30). The molecule has 1 heterocycles. The zero-order valence-electron chi connectivity index (χ0n) is 17.8. The average Bonchev–Trinajstić information content (AvgIpc) is 3.16. The molecule has 2 unspecified atom stereocenters. The number of amides is 2. The minimum Gasteiger partial charge on any atom is -0.497 e. The van der Waals surface area contributed by atoms with Crippen molar-refractivity contribution in [1.29, 1.82) is 0 Å². The number of nitrogens with one attached hydrogen (secondary N) is 2. The molecule has 0 saturated heterocycles. The van der Waals surface area contributed by atoms with Gasteiger partial charge in [-0.1, -0.05) is 59.8 Å². The molecule has 0 spiro atoms. The van der Waals surface area contributed by atoms with E-state index in [0.29, 0.717) is 11.6 Å². The van der Waals surface area contributed by atoms with Crippen molar-refractivity contribution in [2.75, 3.05) is 12.0 Å². The van der Waals surface area contributed by atoms with Gasteiger partial charge in [0.15, 0.2) is 5.50 Å². The summed E-state index contributed by atoms with van der Waals surface area (Å²) in [6.45, 7) is 2.28. The fourth-order valence-electron chi connectivity index (χ4n) is 3.71. The Morgan fingerprint density at radius 1 is 1.16 bits per heavy atom. The van der Waals surface area contributed by atoms with Crippen LogP contribution in [0.2, 0.25) is 5.02 Å². The highest BCUT2D eigenvalue weighted by Gasteiger charge is 2.34. The SMILES string of the molecule is COc1ccc(C(C)NC(=O)NC2Sc3ccccc3N2c2c(Cl)cccc2CN)cc1. The van der Waals surface area contributed by atoms with E-state index in [4.69, 9.17) is 22.1 Å². The summed E-state index contributed by atoms with van der Waals surface area (Å²) in [6, 6.07) is 20.9. The number of hydrogen-bond acceptors (Lipinski definition) is 5. The van der Waals surface area contributed by atoms with Gasteiger partial charge in [-0.05, 0) is 48.4 Å². The van der Waals surface area contributed by atoms with Crippen LogP contribution in [0.1, 0.15) is 24.1 Å². The fourth-order valence-corrected chi connectivity index (χ4v) is 5.17. The van der Waals surface area contributed by atoms with Gasteiger partial charge in [-0.2, -0.15) is 0 Å². The van der Waals surface area contributed by atoms with Crippen LogP contribution in [0.15, 0.2) is 71.6 Å². The van der Waals surface area contributed by atoms with Crippen LogP contribution in [0, 0.1) is 0 Å². The molecule has 0 fully saturated rings. The quantitative estimate of drug-likeness (QED) is 0.451. The summed E-state index contributed by atoms with van der Waals surface area (Å²) in [5, 5.41) is 6.69. The number of hydrogen-bond donors (Lipinski definition) is 3. The number of para-hydroxylation sites is 2. The number of ether oxygens (including phenoxy) is 1. The van der Waals surface area contributed by atoms with Crippen molar-refractivity contribution in [2.45, 2.75) is 29.9 Å². The Bertz CT molecular complexity index is 1110. The minimum absolute atomic E-state index is 0.178. The summed E-state index contributed by atoms with van der Waals surface area (Å²) < 4.78 is 5.20. The van der Waals surface area contributed by atoms with Gasteiger partial charge in [0.2, 0.25) is 0 Å². The van der Waals surface area contributed by atoms with Gasteiger partial charge in [-0.25, -0.2) is 4.79 Å². The Hall–Kier alpha value is -2.87. The number of nitrogens with two attached hydrogens (primary N) is 1. The molecule has 1 aliphatic rings. The molecule has 0 saturated carbocycles. The van der Waals surface area contributed by atoms with Gasteiger partial charge in [0.1, 0.15) is 5.75 Å². The summed E-state index contributed by atoms with van der Waals surface area (Å²) >= 11 is 8.16. The summed E-state index contributed by atoms with van der Waals surface area (Å²) in [5.41, 5.74) is 9.31. The van der Waals surface area contributed by atoms with Crippen LogP contribution in [-0.2, 0) is 6.54 Å². The second kappa shape index (κ2) is 9.73. The molecular formula is C24H25ClN4O2S. The van der Waals surface area contributed by atoms with Gasteiger partial charge < -0.3 is 26.0 Å². The maximum Gasteiger partial charge on any atom is 0.317 e. The Labute approximate surface area is 197 Å². The smallest absolute Gasteiger partial charge is 0.317 e. The van der Waals surface area contributed by atoms with Crippen molar-refractivity contribution in [2.24, 2.45) is 5.73 Å². The number of carbonyl (C=O) groups is 1. The highest BCUT2D eigenvalue weighted by molar-refractivity contribution is 8.00. The number of halogens is 1. The fraction of sp³-hybridized carbons (Fsp3) is 0.208. The van der Waals surface area contributed by atoms with Crippen molar-refractivity contribution in [1.82, 2.24) is 10.6 Å². The van der Waals surface area contributed by atoms with Gasteiger partial charge in [0, 0.05) is 11.4 Å². The van der Waals surface area contributed by atoms with E-state index in [-0.39, 0.29) is 17.6 Å². The van der Waals surface area contributed by atoms with E-state index in [1.165, 1.54) is 0 Å². The van der Waals surface area contributed by atoms with Crippen LogP contribution in [0.3, 0.4) is 0 Å². The third kappa shape index (κ3) is 4.50. The Morgan fingerprint density at radius 3 is 2.62 bits per heavy atom. The number of urea groups is 1. The van der Waals surface area contributed by atoms with Crippen LogP contribution in [0.4, 0.5) is 16.2 Å². The first kappa shape index (κ1) is 22.3. The van der Waals surface area contributed by atoms with Crippen molar-refractivity contribution in [3.8, 4) is 5.75 Å². The summed E-state index contributed by atoms with van der Waals surface area (Å²) in [4.78, 5) is 16.0. The predicted octanol–water partition coefficient (Wildman–Crippen LogP) is 5.40. The lowest BCUT2D eigenvalue weighted by atomic mass is 10.1. The molecule has 0 bridgehead atoms. The zero-order valence-corrected chi connectivity index (χ0v) is 19.4. The molecule has 2 atom stereocenters. The van der Waals surface area contributed by atoms with Crippen molar-refractivity contribution in [3.63, 3.8) is 0 Å². The van der Waals surface area contributed by atoms with Crippen molar-refractivity contribution >= 4 is 40.8 Å². The molecule has 0 aromatic heterocycles. The van der Waals surface area contributed by atoms with E-state index in [0.717, 1.165) is 33.1 Å². The number of nitrogens with zero attached hydrogens (tertiary/aromatic N) is 1. The van der Waals surface area contributed by atoms with Crippen LogP contribution in [0.25, 0.3) is 0 Å². The largest absolute Gasteiger partial charge is 0.497 e. The van der Waals surface area contributed by atoms with E-state index < -0.39 is 0 Å². The topological polar surface area (TPSA) is 79.6 Å². The molecule has 166 valence electrons. The lowest BCUT2D eigenvalue weighted by Crippen LogP contribution is -2.47. The van der Waals surface area contributed by atoms with Crippen molar-refractivity contribution < 1.29 is 9.53 Å². The van der Waals surface area contributed by atoms with Gasteiger partial charge >= 0.3 is 6.03 Å². The molecule has 8 heteroatoms. The molecule has 6 nitrogen and oxygen atoms in total. The second-order valence-corrected chi connectivity index (χ2v) is 8.90. The number of methoxy groups -OCH3 is 1. The molecule has 3 aromatic carbocycles. The van der Waals surface area contributed by atoms with Crippen LogP contribution in [-0.4, -0.2) is 18.6 Å². The predicted molar refractivity (Wildman–Crippen MR) is 131 cm³/mol. The van der Waals surface area contributed by atoms with Gasteiger partial charge in [-0.15, -0.1) is 0 Å². The molecule has 3 aromatic rings. The third-order valence-electron chi connectivity index (χ3n) is 5.35. The van der Waals surface area contributed by atoms with E-state index in [1.807, 2.05) is 78.6 Å². The van der Waals surface area contributed by atoms with E-state index >= 15 is 0 Å². The maximum atomic E-state index is 12.9. The molecule has 4 rings (SSSR count). The van der Waals surface area contributed by atoms with E-state index in [2.05, 4.69) is 10.6 Å². The lowest BCUT2D eigenvalue weighted by molar-refractivity contribution is 0.237. The van der Waals surface area contributed by atoms with Crippen LogP contribution < -0.4 is 26.0 Å². The highest BCUT2D eigenvalue weighted by atomic mass is 35.5. The molecule has 0 radical (unpaired) electrons. The zero-order chi connectivity index (χ0) is 22.7. The number of rotatable bonds is 6. The Morgan fingerprint density at radius 2 is 1.91 bits per heavy atom. The molecular weight excluding hydrogens is 444 g/mol. The number of anilines is 2. The van der Waals surface area contributed by atoms with E-state index in [9.17, 15) is 4.79 Å². The number of benzene rings is 3. The van der Waals surface area contributed by atoms with E-state index in [1.54, 1.807) is 18.9 Å². The average molecular weight is 469 g/mol. The Kier molecular flexibility index (Phi) is 6.79. The monoisotopic (exact) mass is 468 g/mol. The highest BCUT2D eigenvalue weighted by Crippen LogP contribution is 2.49. The molecule has 1 aliphatic heterocycles. The summed E-state index contributed by atoms with van der Waals surface area (Å²) in [6.07, 6.45) is 0. The summed E-state index contributed by atoms with van der Waals surface area (Å²) in [5.74, 6) is 0.775. The number of carbonyl (C=O) groups excluding carboxylic acids is 1. The molecule has 0 aliphatic carbocycles.